The maximum absolute atomic E-state index is 15.1. The van der Waals surface area contributed by atoms with E-state index in [2.05, 4.69) is 5.32 Å². The number of hydrogen-bond acceptors (Lipinski definition) is 4. The summed E-state index contributed by atoms with van der Waals surface area (Å²) >= 11 is 5.86. The first-order valence-electron chi connectivity index (χ1n) is 15.7. The van der Waals surface area contributed by atoms with Crippen LogP contribution >= 0.6 is 11.6 Å². The molecule has 1 aliphatic carbocycles. The number of alkyl halides is 3. The van der Waals surface area contributed by atoms with Crippen LogP contribution in [0.1, 0.15) is 42.4 Å². The number of halogens is 5. The molecule has 1 fully saturated rings. The second kappa shape index (κ2) is 15.4. The summed E-state index contributed by atoms with van der Waals surface area (Å²) in [6.07, 6.45) is -1.61. The van der Waals surface area contributed by atoms with Crippen molar-refractivity contribution in [2.24, 2.45) is 0 Å². The molecule has 258 valence electrons. The molecular weight excluding hydrogens is 682 g/mol. The van der Waals surface area contributed by atoms with Gasteiger partial charge in [-0.2, -0.15) is 13.2 Å². The zero-order valence-corrected chi connectivity index (χ0v) is 27.8. The SMILES string of the molecule is O=C(NC1CCCC1)[C@@H](Cc1ccccc1)N(Cc1ccccc1F)C(=O)CN(c1ccc(Cl)c(C(F)(F)F)c1)S(=O)(=O)c1ccccc1. The molecule has 2 amide bonds. The average Bonchev–Trinajstić information content (AvgIpc) is 3.59. The third-order valence-electron chi connectivity index (χ3n) is 8.42. The van der Waals surface area contributed by atoms with Crippen LogP contribution in [-0.4, -0.2) is 43.8 Å². The number of anilines is 1. The van der Waals surface area contributed by atoms with Gasteiger partial charge in [-0.3, -0.25) is 13.9 Å². The molecular formula is C36H34ClF4N3O4S. The molecule has 0 unspecified atom stereocenters. The van der Waals surface area contributed by atoms with Gasteiger partial charge in [0.05, 0.1) is 21.2 Å². The number of carbonyl (C=O) groups excluding carboxylic acids is 2. The van der Waals surface area contributed by atoms with E-state index < -0.39 is 69.2 Å². The largest absolute Gasteiger partial charge is 0.417 e. The summed E-state index contributed by atoms with van der Waals surface area (Å²) in [7, 11) is -4.66. The first-order chi connectivity index (χ1) is 23.3. The minimum Gasteiger partial charge on any atom is -0.352 e. The van der Waals surface area contributed by atoms with Crippen molar-refractivity contribution in [3.63, 3.8) is 0 Å². The highest BCUT2D eigenvalue weighted by molar-refractivity contribution is 7.92. The summed E-state index contributed by atoms with van der Waals surface area (Å²) in [5.41, 5.74) is -1.03. The summed E-state index contributed by atoms with van der Waals surface area (Å²) < 4.78 is 85.6. The summed E-state index contributed by atoms with van der Waals surface area (Å²) in [5, 5.41) is 2.35. The Morgan fingerprint density at radius 2 is 1.49 bits per heavy atom. The van der Waals surface area contributed by atoms with Crippen LogP contribution in [0.2, 0.25) is 5.02 Å². The molecule has 0 aliphatic heterocycles. The zero-order chi connectivity index (χ0) is 35.2. The van der Waals surface area contributed by atoms with E-state index in [1.807, 2.05) is 0 Å². The summed E-state index contributed by atoms with van der Waals surface area (Å²) in [6.45, 7) is -1.43. The van der Waals surface area contributed by atoms with Gasteiger partial charge in [-0.25, -0.2) is 12.8 Å². The predicted octanol–water partition coefficient (Wildman–Crippen LogP) is 7.39. The Balaban J connectivity index is 1.61. The highest BCUT2D eigenvalue weighted by atomic mass is 35.5. The molecule has 13 heteroatoms. The third kappa shape index (κ3) is 8.79. The van der Waals surface area contributed by atoms with Crippen molar-refractivity contribution in [3.8, 4) is 0 Å². The molecule has 4 aromatic rings. The highest BCUT2D eigenvalue weighted by Crippen LogP contribution is 2.38. The number of nitrogens with zero attached hydrogens (tertiary/aromatic N) is 2. The van der Waals surface area contributed by atoms with Gasteiger partial charge in [-0.15, -0.1) is 0 Å². The first kappa shape index (κ1) is 35.9. The van der Waals surface area contributed by atoms with Crippen molar-refractivity contribution in [3.05, 3.63) is 131 Å². The summed E-state index contributed by atoms with van der Waals surface area (Å²) in [6, 6.07) is 22.6. The lowest BCUT2D eigenvalue weighted by atomic mass is 10.0. The van der Waals surface area contributed by atoms with Crippen LogP contribution in [0.5, 0.6) is 0 Å². The number of hydrogen-bond donors (Lipinski definition) is 1. The number of benzene rings is 4. The lowest BCUT2D eigenvalue weighted by molar-refractivity contribution is -0.140. The quantitative estimate of drug-likeness (QED) is 0.155. The number of rotatable bonds is 12. The van der Waals surface area contributed by atoms with Crippen LogP contribution in [0, 0.1) is 5.82 Å². The Kier molecular flexibility index (Phi) is 11.3. The smallest absolute Gasteiger partial charge is 0.352 e. The number of carbonyl (C=O) groups is 2. The number of amides is 2. The zero-order valence-electron chi connectivity index (χ0n) is 26.2. The van der Waals surface area contributed by atoms with Crippen molar-refractivity contribution < 1.29 is 35.6 Å². The topological polar surface area (TPSA) is 86.8 Å². The van der Waals surface area contributed by atoms with E-state index in [4.69, 9.17) is 11.6 Å². The van der Waals surface area contributed by atoms with E-state index in [9.17, 15) is 31.2 Å². The maximum Gasteiger partial charge on any atom is 0.417 e. The van der Waals surface area contributed by atoms with Crippen LogP contribution in [0.3, 0.4) is 0 Å². The molecule has 0 bridgehead atoms. The van der Waals surface area contributed by atoms with Gasteiger partial charge in [-0.05, 0) is 54.8 Å². The summed E-state index contributed by atoms with van der Waals surface area (Å²) in [5.74, 6) is -2.10. The fourth-order valence-electron chi connectivity index (χ4n) is 5.87. The van der Waals surface area contributed by atoms with E-state index in [1.54, 1.807) is 42.5 Å². The Morgan fingerprint density at radius 3 is 2.12 bits per heavy atom. The number of sulfonamides is 1. The molecule has 1 N–H and O–H groups in total. The molecule has 0 aromatic heterocycles. The summed E-state index contributed by atoms with van der Waals surface area (Å²) in [4.78, 5) is 29.3. The molecule has 0 heterocycles. The molecule has 0 spiro atoms. The van der Waals surface area contributed by atoms with E-state index in [0.717, 1.165) is 42.7 Å². The molecule has 0 saturated heterocycles. The molecule has 7 nitrogen and oxygen atoms in total. The van der Waals surface area contributed by atoms with Crippen LogP contribution in [0.25, 0.3) is 0 Å². The van der Waals surface area contributed by atoms with Crippen molar-refractivity contribution in [1.82, 2.24) is 10.2 Å². The van der Waals surface area contributed by atoms with Crippen molar-refractivity contribution in [1.29, 1.82) is 0 Å². The van der Waals surface area contributed by atoms with Crippen LogP contribution in [0.4, 0.5) is 23.2 Å². The van der Waals surface area contributed by atoms with E-state index in [0.29, 0.717) is 15.9 Å². The normalized spacial score (nSPS) is 14.3. The highest BCUT2D eigenvalue weighted by Gasteiger charge is 2.38. The van der Waals surface area contributed by atoms with Gasteiger partial charge in [-0.1, -0.05) is 91.2 Å². The predicted molar refractivity (Wildman–Crippen MR) is 179 cm³/mol. The van der Waals surface area contributed by atoms with E-state index in [-0.39, 0.29) is 22.9 Å². The Labute approximate surface area is 287 Å². The van der Waals surface area contributed by atoms with Gasteiger partial charge in [0.15, 0.2) is 0 Å². The van der Waals surface area contributed by atoms with Gasteiger partial charge in [0, 0.05) is 24.6 Å². The minimum atomic E-state index is -4.94. The fourth-order valence-corrected chi connectivity index (χ4v) is 7.52. The molecule has 1 atom stereocenters. The van der Waals surface area contributed by atoms with Crippen LogP contribution in [-0.2, 0) is 38.8 Å². The van der Waals surface area contributed by atoms with Gasteiger partial charge in [0.25, 0.3) is 10.0 Å². The Bertz CT molecular complexity index is 1870. The lowest BCUT2D eigenvalue weighted by Gasteiger charge is -2.34. The van der Waals surface area contributed by atoms with E-state index >= 15 is 4.39 Å². The lowest BCUT2D eigenvalue weighted by Crippen LogP contribution is -2.54. The molecule has 1 aliphatic rings. The fraction of sp³-hybridized carbons (Fsp3) is 0.278. The van der Waals surface area contributed by atoms with Gasteiger partial charge >= 0.3 is 6.18 Å². The van der Waals surface area contributed by atoms with Crippen molar-refractivity contribution >= 4 is 39.1 Å². The average molecular weight is 716 g/mol. The molecule has 4 aromatic carbocycles. The molecule has 0 radical (unpaired) electrons. The Hall–Kier alpha value is -4.42. The van der Waals surface area contributed by atoms with Crippen molar-refractivity contribution in [2.75, 3.05) is 10.8 Å². The van der Waals surface area contributed by atoms with Gasteiger partial charge in [0.1, 0.15) is 18.4 Å². The van der Waals surface area contributed by atoms with Crippen LogP contribution < -0.4 is 9.62 Å². The maximum atomic E-state index is 15.1. The van der Waals surface area contributed by atoms with Crippen LogP contribution in [0.15, 0.2) is 108 Å². The molecule has 5 rings (SSSR count). The second-order valence-electron chi connectivity index (χ2n) is 11.8. The van der Waals surface area contributed by atoms with Crippen molar-refractivity contribution in [2.45, 2.75) is 61.8 Å². The second-order valence-corrected chi connectivity index (χ2v) is 14.1. The van der Waals surface area contributed by atoms with Gasteiger partial charge < -0.3 is 10.2 Å². The Morgan fingerprint density at radius 1 is 0.878 bits per heavy atom. The van der Waals surface area contributed by atoms with E-state index in [1.165, 1.54) is 42.5 Å². The minimum absolute atomic E-state index is 0.00415. The molecule has 1 saturated carbocycles. The number of nitrogens with one attached hydrogen (secondary N) is 1. The first-order valence-corrected chi connectivity index (χ1v) is 17.5. The third-order valence-corrected chi connectivity index (χ3v) is 10.5. The van der Waals surface area contributed by atoms with Gasteiger partial charge in [0.2, 0.25) is 11.8 Å². The molecule has 49 heavy (non-hydrogen) atoms. The standard InChI is InChI=1S/C36H34ClF4N3O4S/c37-31-20-19-28(22-30(31)36(39,40)41)44(49(47,48)29-16-5-2-6-17-29)24-34(45)43(23-26-13-7-10-18-32(26)38)33(21-25-11-3-1-4-12-25)35(46)42-27-14-8-9-15-27/h1-7,10-13,16-20,22,27,33H,8-9,14-15,21,23-24H2,(H,42,46)/t33-/m1/s1. The monoisotopic (exact) mass is 715 g/mol.